The van der Waals surface area contributed by atoms with E-state index in [-0.39, 0.29) is 27.1 Å². The Kier molecular flexibility index (Phi) is 5.31. The molecule has 1 fully saturated rings. The lowest BCUT2D eigenvalue weighted by Gasteiger charge is -2.11. The molecule has 1 aromatic rings. The normalized spacial score (nSPS) is 19.6. The predicted molar refractivity (Wildman–Crippen MR) is 81.9 cm³/mol. The van der Waals surface area contributed by atoms with Gasteiger partial charge in [0.2, 0.25) is 0 Å². The molecule has 6 nitrogen and oxygen atoms in total. The Morgan fingerprint density at radius 1 is 1.23 bits per heavy atom. The fourth-order valence-electron chi connectivity index (χ4n) is 2.06. The number of sulfone groups is 1. The van der Waals surface area contributed by atoms with Crippen LogP contribution in [0.5, 0.6) is 0 Å². The molecule has 120 valence electrons. The highest BCUT2D eigenvalue weighted by atomic mass is 35.5. The number of benzene rings is 1. The fraction of sp³-hybridized carbons (Fsp3) is 0.385. The second-order valence-corrected chi connectivity index (χ2v) is 8.00. The summed E-state index contributed by atoms with van der Waals surface area (Å²) < 4.78 is 27.4. The van der Waals surface area contributed by atoms with Crippen LogP contribution in [0.25, 0.3) is 0 Å². The lowest BCUT2D eigenvalue weighted by Crippen LogP contribution is -2.38. The van der Waals surface area contributed by atoms with Crippen molar-refractivity contribution in [1.29, 1.82) is 0 Å². The van der Waals surface area contributed by atoms with E-state index in [2.05, 4.69) is 5.32 Å². The van der Waals surface area contributed by atoms with Gasteiger partial charge in [-0.2, -0.15) is 0 Å². The third-order valence-corrected chi connectivity index (χ3v) is 5.23. The van der Waals surface area contributed by atoms with Gasteiger partial charge in [-0.25, -0.2) is 13.2 Å². The van der Waals surface area contributed by atoms with E-state index in [9.17, 15) is 18.0 Å². The summed E-state index contributed by atoms with van der Waals surface area (Å²) in [4.78, 5) is 23.4. The van der Waals surface area contributed by atoms with Crippen molar-refractivity contribution in [3.8, 4) is 0 Å². The number of esters is 1. The van der Waals surface area contributed by atoms with Gasteiger partial charge in [0.1, 0.15) is 0 Å². The maximum absolute atomic E-state index is 11.8. The predicted octanol–water partition coefficient (Wildman–Crippen LogP) is 1.45. The molecule has 0 aromatic heterocycles. The van der Waals surface area contributed by atoms with Crippen molar-refractivity contribution >= 4 is 44.9 Å². The van der Waals surface area contributed by atoms with E-state index in [0.29, 0.717) is 6.42 Å². The monoisotopic (exact) mass is 365 g/mol. The van der Waals surface area contributed by atoms with Crippen LogP contribution in [-0.4, -0.2) is 44.4 Å². The van der Waals surface area contributed by atoms with E-state index in [0.717, 1.165) is 0 Å². The summed E-state index contributed by atoms with van der Waals surface area (Å²) >= 11 is 11.5. The highest BCUT2D eigenvalue weighted by Gasteiger charge is 2.29. The number of halogens is 2. The second-order valence-electron chi connectivity index (χ2n) is 4.90. The average Bonchev–Trinajstić information content (AvgIpc) is 2.74. The van der Waals surface area contributed by atoms with Crippen molar-refractivity contribution in [2.45, 2.75) is 12.5 Å². The zero-order valence-corrected chi connectivity index (χ0v) is 13.7. The molecule has 0 saturated carbocycles. The van der Waals surface area contributed by atoms with E-state index in [4.69, 9.17) is 27.9 Å². The highest BCUT2D eigenvalue weighted by molar-refractivity contribution is 7.91. The van der Waals surface area contributed by atoms with Crippen LogP contribution in [-0.2, 0) is 19.4 Å². The first-order valence-electron chi connectivity index (χ1n) is 6.38. The van der Waals surface area contributed by atoms with Gasteiger partial charge in [-0.1, -0.05) is 23.2 Å². The molecule has 0 aliphatic carbocycles. The van der Waals surface area contributed by atoms with Gasteiger partial charge < -0.3 is 10.1 Å². The fourth-order valence-corrected chi connectivity index (χ4v) is 4.26. The van der Waals surface area contributed by atoms with Gasteiger partial charge in [0.25, 0.3) is 5.91 Å². The summed E-state index contributed by atoms with van der Waals surface area (Å²) in [6.45, 7) is -0.500. The lowest BCUT2D eigenvalue weighted by molar-refractivity contribution is -0.124. The van der Waals surface area contributed by atoms with Gasteiger partial charge in [0.05, 0.1) is 17.1 Å². The van der Waals surface area contributed by atoms with Crippen LogP contribution in [0.1, 0.15) is 16.8 Å². The summed E-state index contributed by atoms with van der Waals surface area (Å²) in [6.07, 6.45) is 0.367. The van der Waals surface area contributed by atoms with E-state index < -0.39 is 34.4 Å². The first-order valence-corrected chi connectivity index (χ1v) is 8.96. The molecule has 1 heterocycles. The summed E-state index contributed by atoms with van der Waals surface area (Å²) in [5.41, 5.74) is 0.133. The van der Waals surface area contributed by atoms with E-state index in [1.165, 1.54) is 18.2 Å². The lowest BCUT2D eigenvalue weighted by atomic mass is 10.2. The van der Waals surface area contributed by atoms with Gasteiger partial charge in [0, 0.05) is 16.1 Å². The van der Waals surface area contributed by atoms with Crippen LogP contribution in [0.4, 0.5) is 0 Å². The van der Waals surface area contributed by atoms with Crippen LogP contribution in [0, 0.1) is 0 Å². The Morgan fingerprint density at radius 3 is 2.41 bits per heavy atom. The van der Waals surface area contributed by atoms with Crippen LogP contribution in [0.15, 0.2) is 18.2 Å². The molecule has 22 heavy (non-hydrogen) atoms. The minimum atomic E-state index is -3.08. The number of ether oxygens (including phenoxy) is 1. The highest BCUT2D eigenvalue weighted by Crippen LogP contribution is 2.19. The van der Waals surface area contributed by atoms with Gasteiger partial charge in [-0.15, -0.1) is 0 Å². The molecule has 0 bridgehead atoms. The molecule has 1 atom stereocenters. The Morgan fingerprint density at radius 2 is 1.86 bits per heavy atom. The van der Waals surface area contributed by atoms with Crippen LogP contribution >= 0.6 is 23.2 Å². The first kappa shape index (κ1) is 17.1. The molecular weight excluding hydrogens is 353 g/mol. The number of hydrogen-bond acceptors (Lipinski definition) is 5. The van der Waals surface area contributed by atoms with Gasteiger partial charge in [0.15, 0.2) is 16.4 Å². The Hall–Kier alpha value is -1.31. The topological polar surface area (TPSA) is 89.5 Å². The minimum absolute atomic E-state index is 0.0543. The number of rotatable bonds is 4. The third-order valence-electron chi connectivity index (χ3n) is 3.03. The summed E-state index contributed by atoms with van der Waals surface area (Å²) in [6, 6.07) is 3.78. The van der Waals surface area contributed by atoms with Gasteiger partial charge >= 0.3 is 5.97 Å². The molecule has 2 rings (SSSR count). The zero-order chi connectivity index (χ0) is 16.3. The Labute approximate surface area is 137 Å². The molecule has 1 saturated heterocycles. The van der Waals surface area contributed by atoms with Crippen LogP contribution < -0.4 is 5.32 Å². The number of carbonyl (C=O) groups excluding carboxylic acids is 2. The quantitative estimate of drug-likeness (QED) is 0.815. The molecule has 1 aliphatic heterocycles. The molecule has 1 aromatic carbocycles. The van der Waals surface area contributed by atoms with E-state index in [1.807, 2.05) is 0 Å². The summed E-state index contributed by atoms with van der Waals surface area (Å²) in [5, 5.41) is 3.07. The zero-order valence-electron chi connectivity index (χ0n) is 11.3. The number of nitrogens with one attached hydrogen (secondary N) is 1. The first-order chi connectivity index (χ1) is 10.2. The molecule has 0 radical (unpaired) electrons. The van der Waals surface area contributed by atoms with Crippen molar-refractivity contribution in [3.63, 3.8) is 0 Å². The number of amides is 1. The van der Waals surface area contributed by atoms with Crippen molar-refractivity contribution in [2.24, 2.45) is 0 Å². The average molecular weight is 366 g/mol. The largest absolute Gasteiger partial charge is 0.452 e. The SMILES string of the molecule is O=C(COC(=O)c1cc(Cl)cc(Cl)c1)NC1CCS(=O)(=O)C1. The van der Waals surface area contributed by atoms with Gasteiger partial charge in [-0.05, 0) is 24.6 Å². The maximum atomic E-state index is 11.8. The van der Waals surface area contributed by atoms with Crippen molar-refractivity contribution in [1.82, 2.24) is 5.32 Å². The number of carbonyl (C=O) groups is 2. The van der Waals surface area contributed by atoms with Crippen molar-refractivity contribution < 1.29 is 22.7 Å². The van der Waals surface area contributed by atoms with Crippen LogP contribution in [0.3, 0.4) is 0 Å². The molecule has 1 amide bonds. The third kappa shape index (κ3) is 4.86. The summed E-state index contributed by atoms with van der Waals surface area (Å²) in [5.74, 6) is -1.32. The van der Waals surface area contributed by atoms with E-state index in [1.54, 1.807) is 0 Å². The standard InChI is InChI=1S/C13H13Cl2NO5S/c14-9-3-8(4-10(15)5-9)13(18)21-6-12(17)16-11-1-2-22(19,20)7-11/h3-5,11H,1-2,6-7H2,(H,16,17). The van der Waals surface area contributed by atoms with Gasteiger partial charge in [-0.3, -0.25) is 4.79 Å². The summed E-state index contributed by atoms with van der Waals surface area (Å²) in [7, 11) is -3.08. The maximum Gasteiger partial charge on any atom is 0.338 e. The Balaban J connectivity index is 1.84. The van der Waals surface area contributed by atoms with Crippen LogP contribution in [0.2, 0.25) is 10.0 Å². The molecule has 1 aliphatic rings. The Bertz CT molecular complexity index is 684. The molecule has 1 unspecified atom stereocenters. The van der Waals surface area contributed by atoms with E-state index >= 15 is 0 Å². The smallest absolute Gasteiger partial charge is 0.338 e. The molecular formula is C13H13Cl2NO5S. The molecule has 0 spiro atoms. The molecule has 1 N–H and O–H groups in total. The second kappa shape index (κ2) is 6.85. The number of hydrogen-bond donors (Lipinski definition) is 1. The van der Waals surface area contributed by atoms with Crippen molar-refractivity contribution in [3.05, 3.63) is 33.8 Å². The van der Waals surface area contributed by atoms with Crippen molar-refractivity contribution in [2.75, 3.05) is 18.1 Å². The molecule has 9 heteroatoms. The minimum Gasteiger partial charge on any atom is -0.452 e.